The lowest BCUT2D eigenvalue weighted by Crippen LogP contribution is -2.45. The number of urea groups is 1. The average molecular weight is 294 g/mol. The van der Waals surface area contributed by atoms with Crippen LogP contribution in [0.15, 0.2) is 42.6 Å². The van der Waals surface area contributed by atoms with Crippen LogP contribution in [-0.2, 0) is 13.1 Å². The van der Waals surface area contributed by atoms with E-state index >= 15 is 0 Å². The zero-order valence-electron chi connectivity index (χ0n) is 12.5. The first kappa shape index (κ1) is 14.2. The van der Waals surface area contributed by atoms with Gasteiger partial charge in [-0.3, -0.25) is 0 Å². The van der Waals surface area contributed by atoms with Gasteiger partial charge in [-0.1, -0.05) is 12.1 Å². The summed E-state index contributed by atoms with van der Waals surface area (Å²) in [4.78, 5) is 14.2. The van der Waals surface area contributed by atoms with Gasteiger partial charge in [-0.05, 0) is 36.8 Å². The van der Waals surface area contributed by atoms with Gasteiger partial charge in [0.1, 0.15) is 0 Å². The summed E-state index contributed by atoms with van der Waals surface area (Å²) in [6.07, 6.45) is 2.05. The molecule has 3 rings (SSSR count). The van der Waals surface area contributed by atoms with Gasteiger partial charge in [0.15, 0.2) is 0 Å². The Hall–Kier alpha value is -2.74. The number of hydrogen-bond donors (Lipinski definition) is 1. The molecule has 1 aliphatic heterocycles. The Labute approximate surface area is 129 Å². The Morgan fingerprint density at radius 3 is 2.82 bits per heavy atom. The molecular formula is C17H18N4O. The second-order valence-corrected chi connectivity index (χ2v) is 5.46. The maximum atomic E-state index is 12.4. The van der Waals surface area contributed by atoms with Crippen molar-refractivity contribution < 1.29 is 4.79 Å². The van der Waals surface area contributed by atoms with Gasteiger partial charge in [0.25, 0.3) is 0 Å². The highest BCUT2D eigenvalue weighted by molar-refractivity contribution is 5.74. The lowest BCUT2D eigenvalue weighted by Gasteiger charge is -2.34. The van der Waals surface area contributed by atoms with E-state index in [2.05, 4.69) is 28.2 Å². The molecule has 2 heterocycles. The molecule has 22 heavy (non-hydrogen) atoms. The standard InChI is InChI=1S/C17H18N4O/c1-13-16-3-2-8-20(16)9-10-21(13)17(22)19-12-15-6-4-14(11-18)5-7-15/h2-8,13H,9-10,12H2,1H3,(H,19,22). The van der Waals surface area contributed by atoms with Crippen LogP contribution in [0.25, 0.3) is 0 Å². The van der Waals surface area contributed by atoms with Crippen LogP contribution in [0.2, 0.25) is 0 Å². The summed E-state index contributed by atoms with van der Waals surface area (Å²) in [7, 11) is 0. The van der Waals surface area contributed by atoms with Gasteiger partial charge in [-0.25, -0.2) is 4.79 Å². The lowest BCUT2D eigenvalue weighted by atomic mass is 10.1. The monoisotopic (exact) mass is 294 g/mol. The smallest absolute Gasteiger partial charge is 0.318 e. The van der Waals surface area contributed by atoms with E-state index < -0.39 is 0 Å². The van der Waals surface area contributed by atoms with Crippen molar-refractivity contribution in [3.63, 3.8) is 0 Å². The van der Waals surface area contributed by atoms with Crippen molar-refractivity contribution in [2.24, 2.45) is 0 Å². The third-order valence-corrected chi connectivity index (χ3v) is 4.13. The van der Waals surface area contributed by atoms with E-state index in [0.29, 0.717) is 18.7 Å². The van der Waals surface area contributed by atoms with Crippen molar-refractivity contribution in [2.75, 3.05) is 6.54 Å². The molecule has 2 amide bonds. The number of nitrogens with zero attached hydrogens (tertiary/aromatic N) is 3. The molecule has 1 atom stereocenters. The molecule has 0 bridgehead atoms. The molecule has 112 valence electrons. The molecule has 1 N–H and O–H groups in total. The number of aromatic nitrogens is 1. The highest BCUT2D eigenvalue weighted by Crippen LogP contribution is 2.25. The summed E-state index contributed by atoms with van der Waals surface area (Å²) >= 11 is 0. The van der Waals surface area contributed by atoms with E-state index in [-0.39, 0.29) is 12.1 Å². The Morgan fingerprint density at radius 2 is 2.09 bits per heavy atom. The summed E-state index contributed by atoms with van der Waals surface area (Å²) in [6.45, 7) is 4.06. The fourth-order valence-electron chi connectivity index (χ4n) is 2.83. The van der Waals surface area contributed by atoms with Gasteiger partial charge < -0.3 is 14.8 Å². The van der Waals surface area contributed by atoms with Crippen LogP contribution in [0.1, 0.15) is 29.8 Å². The Bertz CT molecular complexity index is 711. The number of carbonyl (C=O) groups is 1. The van der Waals surface area contributed by atoms with E-state index in [0.717, 1.165) is 12.1 Å². The molecular weight excluding hydrogens is 276 g/mol. The van der Waals surface area contributed by atoms with Crippen molar-refractivity contribution >= 4 is 6.03 Å². The number of nitrogens with one attached hydrogen (secondary N) is 1. The van der Waals surface area contributed by atoms with Crippen molar-refractivity contribution in [3.8, 4) is 6.07 Å². The van der Waals surface area contributed by atoms with Gasteiger partial charge in [-0.2, -0.15) is 5.26 Å². The predicted molar refractivity (Wildman–Crippen MR) is 82.9 cm³/mol. The molecule has 0 saturated carbocycles. The second kappa shape index (κ2) is 5.94. The largest absolute Gasteiger partial charge is 0.348 e. The minimum absolute atomic E-state index is 0.0516. The number of amides is 2. The maximum absolute atomic E-state index is 12.4. The van der Waals surface area contributed by atoms with Gasteiger partial charge in [0, 0.05) is 31.5 Å². The van der Waals surface area contributed by atoms with E-state index in [9.17, 15) is 4.79 Å². The van der Waals surface area contributed by atoms with Crippen LogP contribution >= 0.6 is 0 Å². The average Bonchev–Trinajstić information content (AvgIpc) is 3.03. The zero-order chi connectivity index (χ0) is 15.5. The highest BCUT2D eigenvalue weighted by Gasteiger charge is 2.26. The predicted octanol–water partition coefficient (Wildman–Crippen LogP) is 2.65. The third kappa shape index (κ3) is 2.68. The van der Waals surface area contributed by atoms with Crippen LogP contribution < -0.4 is 5.32 Å². The van der Waals surface area contributed by atoms with Crippen LogP contribution in [0.4, 0.5) is 4.79 Å². The molecule has 1 aliphatic rings. The van der Waals surface area contributed by atoms with Crippen LogP contribution in [0, 0.1) is 11.3 Å². The zero-order valence-corrected chi connectivity index (χ0v) is 12.5. The molecule has 0 fully saturated rings. The highest BCUT2D eigenvalue weighted by atomic mass is 16.2. The van der Waals surface area contributed by atoms with E-state index in [1.807, 2.05) is 30.0 Å². The fraction of sp³-hybridized carbons (Fsp3) is 0.294. The first-order chi connectivity index (χ1) is 10.7. The summed E-state index contributed by atoms with van der Waals surface area (Å²) in [5.74, 6) is 0. The summed E-state index contributed by atoms with van der Waals surface area (Å²) in [5.41, 5.74) is 2.78. The lowest BCUT2D eigenvalue weighted by molar-refractivity contribution is 0.162. The van der Waals surface area contributed by atoms with Gasteiger partial charge in [0.2, 0.25) is 0 Å². The molecule has 1 aromatic heterocycles. The molecule has 1 unspecified atom stereocenters. The van der Waals surface area contributed by atoms with Gasteiger partial charge in [-0.15, -0.1) is 0 Å². The Balaban J connectivity index is 1.61. The van der Waals surface area contributed by atoms with E-state index in [1.165, 1.54) is 5.69 Å². The van der Waals surface area contributed by atoms with Crippen LogP contribution in [-0.4, -0.2) is 22.0 Å². The van der Waals surface area contributed by atoms with E-state index in [4.69, 9.17) is 5.26 Å². The number of hydrogen-bond acceptors (Lipinski definition) is 2. The molecule has 2 aromatic rings. The number of benzene rings is 1. The quantitative estimate of drug-likeness (QED) is 0.925. The maximum Gasteiger partial charge on any atom is 0.318 e. The van der Waals surface area contributed by atoms with Gasteiger partial charge >= 0.3 is 6.03 Å². The van der Waals surface area contributed by atoms with Crippen molar-refractivity contribution in [2.45, 2.75) is 26.1 Å². The first-order valence-corrected chi connectivity index (χ1v) is 7.37. The minimum atomic E-state index is -0.0516. The summed E-state index contributed by atoms with van der Waals surface area (Å²) in [6, 6.07) is 13.4. The Morgan fingerprint density at radius 1 is 1.32 bits per heavy atom. The molecule has 5 nitrogen and oxygen atoms in total. The molecule has 0 aliphatic carbocycles. The second-order valence-electron chi connectivity index (χ2n) is 5.46. The number of rotatable bonds is 2. The third-order valence-electron chi connectivity index (χ3n) is 4.13. The minimum Gasteiger partial charge on any atom is -0.348 e. The molecule has 5 heteroatoms. The molecule has 0 saturated heterocycles. The van der Waals surface area contributed by atoms with Gasteiger partial charge in [0.05, 0.1) is 17.7 Å². The van der Waals surface area contributed by atoms with Crippen molar-refractivity contribution in [3.05, 3.63) is 59.4 Å². The summed E-state index contributed by atoms with van der Waals surface area (Å²) < 4.78 is 2.19. The fourth-order valence-corrected chi connectivity index (χ4v) is 2.83. The SMILES string of the molecule is CC1c2cccn2CCN1C(=O)NCc1ccc(C#N)cc1. The molecule has 1 aromatic carbocycles. The molecule has 0 radical (unpaired) electrons. The van der Waals surface area contributed by atoms with Crippen molar-refractivity contribution in [1.82, 2.24) is 14.8 Å². The summed E-state index contributed by atoms with van der Waals surface area (Å²) in [5, 5.41) is 11.7. The van der Waals surface area contributed by atoms with Crippen LogP contribution in [0.3, 0.4) is 0 Å². The number of carbonyl (C=O) groups excluding carboxylic acids is 1. The van der Waals surface area contributed by atoms with Crippen LogP contribution in [0.5, 0.6) is 0 Å². The Kier molecular flexibility index (Phi) is 3.84. The topological polar surface area (TPSA) is 61.1 Å². The van der Waals surface area contributed by atoms with E-state index in [1.54, 1.807) is 12.1 Å². The normalized spacial score (nSPS) is 16.7. The number of fused-ring (bicyclic) bond motifs is 1. The number of nitriles is 1. The first-order valence-electron chi connectivity index (χ1n) is 7.37. The van der Waals surface area contributed by atoms with Crippen molar-refractivity contribution in [1.29, 1.82) is 5.26 Å². The molecule has 0 spiro atoms.